The fourth-order valence-electron chi connectivity index (χ4n) is 4.75. The number of hydrogen-bond acceptors (Lipinski definition) is 8. The van der Waals surface area contributed by atoms with Gasteiger partial charge in [-0.2, -0.15) is 10.1 Å². The number of anilines is 4. The molecule has 11 nitrogen and oxygen atoms in total. The van der Waals surface area contributed by atoms with E-state index in [9.17, 15) is 14.3 Å². The summed E-state index contributed by atoms with van der Waals surface area (Å²) in [5.41, 5.74) is 1.35. The van der Waals surface area contributed by atoms with E-state index in [4.69, 9.17) is 9.47 Å². The van der Waals surface area contributed by atoms with Gasteiger partial charge in [-0.15, -0.1) is 0 Å². The van der Waals surface area contributed by atoms with Crippen LogP contribution in [0.25, 0.3) is 5.69 Å². The number of hydrogen-bond donors (Lipinski definition) is 2. The Morgan fingerprint density at radius 2 is 1.95 bits per heavy atom. The van der Waals surface area contributed by atoms with Crippen LogP contribution in [0.3, 0.4) is 0 Å². The number of benzene rings is 2. The van der Waals surface area contributed by atoms with E-state index in [1.54, 1.807) is 53.5 Å². The van der Waals surface area contributed by atoms with Gasteiger partial charge in [-0.05, 0) is 62.7 Å². The van der Waals surface area contributed by atoms with E-state index in [0.29, 0.717) is 23.7 Å². The van der Waals surface area contributed by atoms with Crippen molar-refractivity contribution < 1.29 is 23.8 Å². The summed E-state index contributed by atoms with van der Waals surface area (Å²) in [5, 5.41) is 17.2. The number of aromatic nitrogens is 4. The van der Waals surface area contributed by atoms with Crippen molar-refractivity contribution in [1.29, 1.82) is 0 Å². The Morgan fingerprint density at radius 3 is 2.68 bits per heavy atom. The number of methoxy groups -OCH3 is 1. The smallest absolute Gasteiger partial charge is 0.417 e. The summed E-state index contributed by atoms with van der Waals surface area (Å²) >= 11 is 0. The van der Waals surface area contributed by atoms with Gasteiger partial charge in [-0.3, -0.25) is 0 Å². The van der Waals surface area contributed by atoms with E-state index in [1.807, 2.05) is 0 Å². The third-order valence-corrected chi connectivity index (χ3v) is 6.75. The quantitative estimate of drug-likeness (QED) is 0.225. The molecule has 41 heavy (non-hydrogen) atoms. The van der Waals surface area contributed by atoms with Crippen LogP contribution in [-0.4, -0.2) is 69.2 Å². The van der Waals surface area contributed by atoms with Crippen LogP contribution in [0.4, 0.5) is 32.3 Å². The predicted molar refractivity (Wildman–Crippen MR) is 152 cm³/mol. The first kappa shape index (κ1) is 27.8. The summed E-state index contributed by atoms with van der Waals surface area (Å²) in [6, 6.07) is 12.8. The molecule has 214 valence electrons. The van der Waals surface area contributed by atoms with Crippen LogP contribution in [0.15, 0.2) is 67.1 Å². The lowest BCUT2D eigenvalue weighted by Crippen LogP contribution is -2.31. The van der Waals surface area contributed by atoms with Crippen molar-refractivity contribution in [2.24, 2.45) is 0 Å². The van der Waals surface area contributed by atoms with E-state index in [1.165, 1.54) is 44.7 Å². The SMILES string of the molecule is COc1cc(-n2cccn2)ccc1N(C(=O)O)c1ccnc(Nc2ccc(OCCCN3CCCCC3)c(F)c2)n1. The number of nitrogens with zero attached hydrogens (tertiary/aromatic N) is 6. The van der Waals surface area contributed by atoms with Crippen molar-refractivity contribution in [3.8, 4) is 17.2 Å². The highest BCUT2D eigenvalue weighted by atomic mass is 19.1. The predicted octanol–water partition coefficient (Wildman–Crippen LogP) is 5.62. The molecule has 5 rings (SSSR count). The first-order valence-corrected chi connectivity index (χ1v) is 13.5. The second-order valence-electron chi connectivity index (χ2n) is 9.54. The zero-order chi connectivity index (χ0) is 28.6. The Morgan fingerprint density at radius 1 is 1.10 bits per heavy atom. The maximum absolute atomic E-state index is 14.8. The number of piperidine rings is 1. The van der Waals surface area contributed by atoms with Crippen molar-refractivity contribution >= 4 is 29.2 Å². The van der Waals surface area contributed by atoms with Gasteiger partial charge >= 0.3 is 6.09 Å². The summed E-state index contributed by atoms with van der Waals surface area (Å²) in [7, 11) is 1.45. The molecular formula is C29H32FN7O4. The van der Waals surface area contributed by atoms with Crippen molar-refractivity contribution in [2.75, 3.05) is 43.6 Å². The summed E-state index contributed by atoms with van der Waals surface area (Å²) in [6.45, 7) is 3.62. The molecule has 0 atom stereocenters. The topological polar surface area (TPSA) is 118 Å². The third-order valence-electron chi connectivity index (χ3n) is 6.75. The van der Waals surface area contributed by atoms with E-state index in [-0.39, 0.29) is 23.2 Å². The van der Waals surface area contributed by atoms with Crippen molar-refractivity contribution in [2.45, 2.75) is 25.7 Å². The molecule has 2 aromatic carbocycles. The highest BCUT2D eigenvalue weighted by molar-refractivity contribution is 5.95. The van der Waals surface area contributed by atoms with E-state index >= 15 is 0 Å². The molecule has 12 heteroatoms. The zero-order valence-electron chi connectivity index (χ0n) is 22.7. The Labute approximate surface area is 237 Å². The minimum Gasteiger partial charge on any atom is -0.494 e. The van der Waals surface area contributed by atoms with Gasteiger partial charge in [0, 0.05) is 49.0 Å². The van der Waals surface area contributed by atoms with Gasteiger partial charge in [0.1, 0.15) is 11.6 Å². The zero-order valence-corrected chi connectivity index (χ0v) is 22.7. The van der Waals surface area contributed by atoms with E-state index in [0.717, 1.165) is 31.0 Å². The molecule has 0 saturated carbocycles. The summed E-state index contributed by atoms with van der Waals surface area (Å²) in [4.78, 5) is 24.3. The molecule has 0 unspecified atom stereocenters. The first-order valence-electron chi connectivity index (χ1n) is 13.5. The Hall–Kier alpha value is -4.71. The fraction of sp³-hybridized carbons (Fsp3) is 0.310. The normalized spacial score (nSPS) is 13.5. The van der Waals surface area contributed by atoms with E-state index in [2.05, 4.69) is 25.3 Å². The Bertz CT molecular complexity index is 1460. The largest absolute Gasteiger partial charge is 0.494 e. The summed E-state index contributed by atoms with van der Waals surface area (Å²) in [6.07, 6.45) is 8.15. The number of carbonyl (C=O) groups is 1. The lowest BCUT2D eigenvalue weighted by atomic mass is 10.1. The van der Waals surface area contributed by atoms with Gasteiger partial charge in [-0.25, -0.2) is 23.8 Å². The fourth-order valence-corrected chi connectivity index (χ4v) is 4.75. The average molecular weight is 562 g/mol. The minimum absolute atomic E-state index is 0.0780. The average Bonchev–Trinajstić information content (AvgIpc) is 3.52. The first-order chi connectivity index (χ1) is 20.0. The highest BCUT2D eigenvalue weighted by Gasteiger charge is 2.23. The van der Waals surface area contributed by atoms with Crippen LogP contribution in [0.2, 0.25) is 0 Å². The molecule has 2 aromatic heterocycles. The molecule has 0 aliphatic carbocycles. The summed E-state index contributed by atoms with van der Waals surface area (Å²) < 4.78 is 27.6. The van der Waals surface area contributed by atoms with Gasteiger partial charge in [0.05, 0.1) is 25.1 Å². The van der Waals surface area contributed by atoms with E-state index < -0.39 is 11.9 Å². The van der Waals surface area contributed by atoms with Crippen LogP contribution < -0.4 is 19.7 Å². The standard InChI is InChI=1S/C29H32FN7O4/c1-40-26-20-22(36-17-5-12-32-36)8-9-24(26)37(29(38)39)27-11-13-31-28(34-27)33-21-7-10-25(23(30)19-21)41-18-6-16-35-14-3-2-4-15-35/h5,7-13,17,19-20H,2-4,6,14-16,18H2,1H3,(H,38,39)(H,31,33,34). The molecule has 0 radical (unpaired) electrons. The third kappa shape index (κ3) is 6.90. The van der Waals surface area contributed by atoms with Gasteiger partial charge in [0.2, 0.25) is 5.95 Å². The summed E-state index contributed by atoms with van der Waals surface area (Å²) in [5.74, 6) is 0.136. The molecule has 1 aliphatic heterocycles. The van der Waals surface area contributed by atoms with Crippen LogP contribution in [0.5, 0.6) is 11.5 Å². The van der Waals surface area contributed by atoms with Gasteiger partial charge < -0.3 is 24.8 Å². The van der Waals surface area contributed by atoms with Crippen LogP contribution in [-0.2, 0) is 0 Å². The number of nitrogens with one attached hydrogen (secondary N) is 1. The van der Waals surface area contributed by atoms with Crippen molar-refractivity contribution in [3.63, 3.8) is 0 Å². The maximum atomic E-state index is 14.8. The lowest BCUT2D eigenvalue weighted by Gasteiger charge is -2.26. The molecule has 0 spiro atoms. The highest BCUT2D eigenvalue weighted by Crippen LogP contribution is 2.35. The maximum Gasteiger partial charge on any atom is 0.417 e. The number of carboxylic acid groups (broad SMARTS) is 1. The second kappa shape index (κ2) is 13.1. The van der Waals surface area contributed by atoms with Gasteiger partial charge in [-0.1, -0.05) is 6.42 Å². The second-order valence-corrected chi connectivity index (χ2v) is 9.54. The van der Waals surface area contributed by atoms with Crippen LogP contribution in [0, 0.1) is 5.82 Å². The number of ether oxygens (including phenoxy) is 2. The number of rotatable bonds is 11. The molecule has 1 saturated heterocycles. The monoisotopic (exact) mass is 561 g/mol. The van der Waals surface area contributed by atoms with Gasteiger partial charge in [0.25, 0.3) is 0 Å². The van der Waals surface area contributed by atoms with Crippen LogP contribution >= 0.6 is 0 Å². The molecule has 1 fully saturated rings. The molecule has 3 heterocycles. The Balaban J connectivity index is 1.27. The molecule has 0 bridgehead atoms. The van der Waals surface area contributed by atoms with Crippen molar-refractivity contribution in [1.82, 2.24) is 24.6 Å². The Kier molecular flexibility index (Phi) is 8.89. The van der Waals surface area contributed by atoms with Gasteiger partial charge in [0.15, 0.2) is 11.6 Å². The number of amides is 1. The molecular weight excluding hydrogens is 529 g/mol. The minimum atomic E-state index is -1.27. The number of likely N-dealkylation sites (tertiary alicyclic amines) is 1. The lowest BCUT2D eigenvalue weighted by molar-refractivity contribution is 0.203. The number of halogens is 1. The molecule has 4 aromatic rings. The molecule has 1 amide bonds. The van der Waals surface area contributed by atoms with Crippen molar-refractivity contribution in [3.05, 3.63) is 72.9 Å². The molecule has 1 aliphatic rings. The molecule has 2 N–H and O–H groups in total. The van der Waals surface area contributed by atoms with Crippen LogP contribution in [0.1, 0.15) is 25.7 Å².